The fourth-order valence-corrected chi connectivity index (χ4v) is 2.64. The Morgan fingerprint density at radius 1 is 1.43 bits per heavy atom. The summed E-state index contributed by atoms with van der Waals surface area (Å²) in [6.45, 7) is 3.46. The first-order valence-electron chi connectivity index (χ1n) is 7.22. The van der Waals surface area contributed by atoms with Crippen molar-refractivity contribution < 1.29 is 23.5 Å². The van der Waals surface area contributed by atoms with E-state index in [1.165, 1.54) is 13.4 Å². The van der Waals surface area contributed by atoms with Crippen LogP contribution in [-0.2, 0) is 20.8 Å². The minimum Gasteiger partial charge on any atom is -0.465 e. The van der Waals surface area contributed by atoms with E-state index >= 15 is 0 Å². The number of furan rings is 1. The summed E-state index contributed by atoms with van der Waals surface area (Å²) in [5.41, 5.74) is 0.734. The maximum absolute atomic E-state index is 12.0. The number of carbonyl (C=O) groups is 2. The number of nitrogens with zero attached hydrogens (tertiary/aromatic N) is 1. The zero-order chi connectivity index (χ0) is 15.2. The van der Waals surface area contributed by atoms with Crippen LogP contribution in [0.2, 0.25) is 0 Å². The van der Waals surface area contributed by atoms with E-state index in [2.05, 4.69) is 0 Å². The average Bonchev–Trinajstić information content (AvgIpc) is 2.95. The third-order valence-corrected chi connectivity index (χ3v) is 3.66. The number of methoxy groups -OCH3 is 1. The second-order valence-electron chi connectivity index (χ2n) is 5.00. The van der Waals surface area contributed by atoms with Crippen LogP contribution >= 0.6 is 0 Å². The molecular weight excluding hydrogens is 274 g/mol. The van der Waals surface area contributed by atoms with E-state index < -0.39 is 5.97 Å². The highest BCUT2D eigenvalue weighted by atomic mass is 16.5. The third-order valence-electron chi connectivity index (χ3n) is 3.66. The predicted molar refractivity (Wildman–Crippen MR) is 74.7 cm³/mol. The van der Waals surface area contributed by atoms with Gasteiger partial charge in [-0.1, -0.05) is 6.42 Å². The number of piperidine rings is 1. The molecule has 1 fully saturated rings. The number of esters is 2. The fourth-order valence-electron chi connectivity index (χ4n) is 2.64. The van der Waals surface area contributed by atoms with Gasteiger partial charge in [-0.2, -0.15) is 0 Å². The lowest BCUT2D eigenvalue weighted by Crippen LogP contribution is -2.45. The smallest absolute Gasteiger partial charge is 0.374 e. The molecule has 0 radical (unpaired) electrons. The van der Waals surface area contributed by atoms with Crippen LogP contribution in [0.3, 0.4) is 0 Å². The van der Waals surface area contributed by atoms with E-state index in [4.69, 9.17) is 13.9 Å². The number of hydrogen-bond acceptors (Lipinski definition) is 6. The summed E-state index contributed by atoms with van der Waals surface area (Å²) in [6.07, 6.45) is 4.28. The molecule has 6 heteroatoms. The molecule has 0 spiro atoms. The van der Waals surface area contributed by atoms with Crippen LogP contribution in [-0.4, -0.2) is 43.1 Å². The van der Waals surface area contributed by atoms with Crippen molar-refractivity contribution in [1.82, 2.24) is 4.90 Å². The van der Waals surface area contributed by atoms with Gasteiger partial charge in [0, 0.05) is 12.1 Å². The van der Waals surface area contributed by atoms with Gasteiger partial charge in [-0.25, -0.2) is 4.79 Å². The summed E-state index contributed by atoms with van der Waals surface area (Å²) in [6, 6.07) is 1.49. The molecule has 1 unspecified atom stereocenters. The molecule has 1 aliphatic rings. The topological polar surface area (TPSA) is 69.0 Å². The fraction of sp³-hybridized carbons (Fsp3) is 0.600. The molecular formula is C15H21NO5. The van der Waals surface area contributed by atoms with E-state index in [1.54, 1.807) is 13.0 Å². The lowest BCUT2D eigenvalue weighted by Gasteiger charge is -2.33. The van der Waals surface area contributed by atoms with Crippen LogP contribution in [0, 0.1) is 0 Å². The molecule has 1 aromatic rings. The Kier molecular flexibility index (Phi) is 5.38. The van der Waals surface area contributed by atoms with Gasteiger partial charge in [-0.15, -0.1) is 0 Å². The second kappa shape index (κ2) is 7.26. The van der Waals surface area contributed by atoms with Gasteiger partial charge in [0.05, 0.1) is 20.0 Å². The Morgan fingerprint density at radius 2 is 2.24 bits per heavy atom. The summed E-state index contributed by atoms with van der Waals surface area (Å²) in [5.74, 6) is -0.495. The number of carbonyl (C=O) groups excluding carboxylic acids is 2. The summed E-state index contributed by atoms with van der Waals surface area (Å²) in [5, 5.41) is 0. The molecule has 0 aliphatic carbocycles. The maximum atomic E-state index is 12.0. The summed E-state index contributed by atoms with van der Waals surface area (Å²) >= 11 is 0. The minimum atomic E-state index is -0.500. The quantitative estimate of drug-likeness (QED) is 0.774. The van der Waals surface area contributed by atoms with Gasteiger partial charge < -0.3 is 13.9 Å². The molecule has 1 aliphatic heterocycles. The maximum Gasteiger partial charge on any atom is 0.374 e. The molecule has 0 N–H and O–H groups in total. The van der Waals surface area contributed by atoms with Gasteiger partial charge in [0.2, 0.25) is 5.76 Å². The monoisotopic (exact) mass is 295 g/mol. The standard InChI is InChI=1S/C15H21NO5/c1-3-20-14(17)12-6-4-5-8-16(12)10-11-7-9-21-13(11)15(18)19-2/h7,9,12H,3-6,8,10H2,1-2H3. The van der Waals surface area contributed by atoms with Crippen molar-refractivity contribution in [1.29, 1.82) is 0 Å². The van der Waals surface area contributed by atoms with E-state index in [0.29, 0.717) is 13.2 Å². The molecule has 1 aromatic heterocycles. The van der Waals surface area contributed by atoms with Crippen molar-refractivity contribution in [2.75, 3.05) is 20.3 Å². The van der Waals surface area contributed by atoms with Crippen molar-refractivity contribution in [3.8, 4) is 0 Å². The molecule has 2 rings (SSSR count). The van der Waals surface area contributed by atoms with E-state index in [1.807, 2.05) is 4.90 Å². The van der Waals surface area contributed by atoms with Crippen molar-refractivity contribution in [3.63, 3.8) is 0 Å². The Bertz CT molecular complexity index is 496. The lowest BCUT2D eigenvalue weighted by atomic mass is 10.0. The summed E-state index contributed by atoms with van der Waals surface area (Å²) < 4.78 is 15.0. The van der Waals surface area contributed by atoms with Gasteiger partial charge in [0.1, 0.15) is 6.04 Å². The van der Waals surface area contributed by atoms with E-state index in [-0.39, 0.29) is 17.8 Å². The van der Waals surface area contributed by atoms with Crippen molar-refractivity contribution in [3.05, 3.63) is 23.7 Å². The first-order chi connectivity index (χ1) is 10.2. The number of likely N-dealkylation sites (tertiary alicyclic amines) is 1. The van der Waals surface area contributed by atoms with E-state index in [0.717, 1.165) is 31.4 Å². The van der Waals surface area contributed by atoms with Crippen LogP contribution in [0.25, 0.3) is 0 Å². The highest BCUT2D eigenvalue weighted by molar-refractivity contribution is 5.87. The molecule has 2 heterocycles. The Hall–Kier alpha value is -1.82. The third kappa shape index (κ3) is 3.64. The van der Waals surface area contributed by atoms with Gasteiger partial charge >= 0.3 is 11.9 Å². The largest absolute Gasteiger partial charge is 0.465 e. The zero-order valence-corrected chi connectivity index (χ0v) is 12.5. The Balaban J connectivity index is 2.11. The molecule has 1 atom stereocenters. The van der Waals surface area contributed by atoms with Crippen LogP contribution in [0.1, 0.15) is 42.3 Å². The van der Waals surface area contributed by atoms with Gasteiger partial charge in [0.15, 0.2) is 0 Å². The SMILES string of the molecule is CCOC(=O)C1CCCCN1Cc1ccoc1C(=O)OC. The molecule has 0 bridgehead atoms. The lowest BCUT2D eigenvalue weighted by molar-refractivity contribution is -0.151. The summed E-state index contributed by atoms with van der Waals surface area (Å²) in [7, 11) is 1.32. The second-order valence-corrected chi connectivity index (χ2v) is 5.00. The van der Waals surface area contributed by atoms with Crippen molar-refractivity contribution >= 4 is 11.9 Å². The van der Waals surface area contributed by atoms with Gasteiger partial charge in [-0.3, -0.25) is 9.69 Å². The molecule has 1 saturated heterocycles. The van der Waals surface area contributed by atoms with Crippen molar-refractivity contribution in [2.24, 2.45) is 0 Å². The Labute approximate surface area is 124 Å². The highest BCUT2D eigenvalue weighted by Crippen LogP contribution is 2.23. The molecule has 116 valence electrons. The Morgan fingerprint density at radius 3 is 2.95 bits per heavy atom. The van der Waals surface area contributed by atoms with Crippen LogP contribution in [0.4, 0.5) is 0 Å². The minimum absolute atomic E-state index is 0.194. The van der Waals surface area contributed by atoms with Crippen LogP contribution in [0.5, 0.6) is 0 Å². The van der Waals surface area contributed by atoms with E-state index in [9.17, 15) is 9.59 Å². The summed E-state index contributed by atoms with van der Waals surface area (Å²) in [4.78, 5) is 25.7. The number of ether oxygens (including phenoxy) is 2. The first-order valence-corrected chi connectivity index (χ1v) is 7.22. The van der Waals surface area contributed by atoms with Gasteiger partial charge in [-0.05, 0) is 32.4 Å². The molecule has 0 amide bonds. The molecule has 0 saturated carbocycles. The zero-order valence-electron chi connectivity index (χ0n) is 12.5. The molecule has 0 aromatic carbocycles. The molecule has 21 heavy (non-hydrogen) atoms. The molecule has 6 nitrogen and oxygen atoms in total. The number of rotatable bonds is 5. The average molecular weight is 295 g/mol. The predicted octanol–water partition coefficient (Wildman–Crippen LogP) is 1.98. The van der Waals surface area contributed by atoms with Crippen LogP contribution in [0.15, 0.2) is 16.7 Å². The van der Waals surface area contributed by atoms with Crippen molar-refractivity contribution in [2.45, 2.75) is 38.8 Å². The normalized spacial score (nSPS) is 19.2. The highest BCUT2D eigenvalue weighted by Gasteiger charge is 2.31. The van der Waals surface area contributed by atoms with Crippen LogP contribution < -0.4 is 0 Å². The number of hydrogen-bond donors (Lipinski definition) is 0. The first kappa shape index (κ1) is 15.6. The van der Waals surface area contributed by atoms with Gasteiger partial charge in [0.25, 0.3) is 0 Å².